The molecule has 1 aromatic rings. The van der Waals surface area contributed by atoms with Gasteiger partial charge >= 0.3 is 0 Å². The number of nitrogens with two attached hydrogens (primary N) is 1. The summed E-state index contributed by atoms with van der Waals surface area (Å²) in [6.07, 6.45) is 7.23. The first kappa shape index (κ1) is 12.7. The van der Waals surface area contributed by atoms with Crippen LogP contribution < -0.4 is 5.73 Å². The lowest BCUT2D eigenvalue weighted by Gasteiger charge is -2.29. The number of amides is 1. The molecule has 1 aromatic carbocycles. The SMILES string of the molecule is C#Cc1ccc([C@H](C)N2CCCC2C(N)=O)cc1. The Morgan fingerprint density at radius 1 is 1.50 bits per heavy atom. The zero-order valence-electron chi connectivity index (χ0n) is 10.6. The van der Waals surface area contributed by atoms with Crippen LogP contribution in [-0.2, 0) is 4.79 Å². The number of hydrogen-bond donors (Lipinski definition) is 1. The molecule has 0 spiro atoms. The Balaban J connectivity index is 2.17. The van der Waals surface area contributed by atoms with Gasteiger partial charge in [-0.15, -0.1) is 6.42 Å². The first-order valence-electron chi connectivity index (χ1n) is 6.25. The highest BCUT2D eigenvalue weighted by molar-refractivity contribution is 5.80. The van der Waals surface area contributed by atoms with Crippen LogP contribution in [0.25, 0.3) is 0 Å². The molecule has 0 radical (unpaired) electrons. The molecular formula is C15H18N2O. The first-order chi connectivity index (χ1) is 8.63. The van der Waals surface area contributed by atoms with Crippen molar-refractivity contribution in [3.63, 3.8) is 0 Å². The minimum absolute atomic E-state index is 0.132. The van der Waals surface area contributed by atoms with Crippen molar-refractivity contribution in [2.75, 3.05) is 6.54 Å². The zero-order valence-corrected chi connectivity index (χ0v) is 10.6. The van der Waals surface area contributed by atoms with Crippen LogP contribution >= 0.6 is 0 Å². The van der Waals surface area contributed by atoms with Crippen molar-refractivity contribution in [3.8, 4) is 12.3 Å². The summed E-state index contributed by atoms with van der Waals surface area (Å²) in [6, 6.07) is 7.97. The topological polar surface area (TPSA) is 46.3 Å². The molecule has 1 saturated heterocycles. The van der Waals surface area contributed by atoms with Gasteiger partial charge in [-0.2, -0.15) is 0 Å². The first-order valence-corrected chi connectivity index (χ1v) is 6.25. The number of likely N-dealkylation sites (tertiary alicyclic amines) is 1. The minimum Gasteiger partial charge on any atom is -0.368 e. The fourth-order valence-electron chi connectivity index (χ4n) is 2.61. The quantitative estimate of drug-likeness (QED) is 0.820. The van der Waals surface area contributed by atoms with Crippen molar-refractivity contribution in [3.05, 3.63) is 35.4 Å². The van der Waals surface area contributed by atoms with Gasteiger partial charge in [0.1, 0.15) is 0 Å². The molecule has 2 rings (SSSR count). The van der Waals surface area contributed by atoms with E-state index in [2.05, 4.69) is 17.7 Å². The molecule has 2 atom stereocenters. The molecule has 0 aromatic heterocycles. The molecule has 18 heavy (non-hydrogen) atoms. The third-order valence-corrected chi connectivity index (χ3v) is 3.68. The Morgan fingerprint density at radius 2 is 2.17 bits per heavy atom. The Bertz CT molecular complexity index is 472. The van der Waals surface area contributed by atoms with Crippen molar-refractivity contribution < 1.29 is 4.79 Å². The van der Waals surface area contributed by atoms with Crippen LogP contribution in [0.4, 0.5) is 0 Å². The van der Waals surface area contributed by atoms with Gasteiger partial charge in [-0.05, 0) is 44.0 Å². The molecular weight excluding hydrogens is 224 g/mol. The zero-order chi connectivity index (χ0) is 13.1. The van der Waals surface area contributed by atoms with E-state index in [0.29, 0.717) is 0 Å². The summed E-state index contributed by atoms with van der Waals surface area (Å²) in [5.41, 5.74) is 7.49. The molecule has 0 aliphatic carbocycles. The van der Waals surface area contributed by atoms with Crippen LogP contribution in [0.5, 0.6) is 0 Å². The van der Waals surface area contributed by atoms with E-state index in [-0.39, 0.29) is 18.0 Å². The Hall–Kier alpha value is -1.79. The van der Waals surface area contributed by atoms with Gasteiger partial charge in [0, 0.05) is 11.6 Å². The van der Waals surface area contributed by atoms with Crippen molar-refractivity contribution in [1.29, 1.82) is 0 Å². The van der Waals surface area contributed by atoms with Crippen LogP contribution in [0.2, 0.25) is 0 Å². The van der Waals surface area contributed by atoms with Gasteiger partial charge in [0.2, 0.25) is 5.91 Å². The van der Waals surface area contributed by atoms with Crippen LogP contribution in [0.3, 0.4) is 0 Å². The largest absolute Gasteiger partial charge is 0.368 e. The number of benzene rings is 1. The predicted octanol–water partition coefficient (Wildman–Crippen LogP) is 1.68. The predicted molar refractivity (Wildman–Crippen MR) is 71.7 cm³/mol. The van der Waals surface area contributed by atoms with E-state index in [0.717, 1.165) is 24.9 Å². The third kappa shape index (κ3) is 2.39. The smallest absolute Gasteiger partial charge is 0.234 e. The van der Waals surface area contributed by atoms with Crippen molar-refractivity contribution >= 4 is 5.91 Å². The molecule has 1 aliphatic rings. The number of terminal acetylenes is 1. The normalized spacial score (nSPS) is 21.4. The summed E-state index contributed by atoms with van der Waals surface area (Å²) in [5, 5.41) is 0. The summed E-state index contributed by atoms with van der Waals surface area (Å²) in [5.74, 6) is 2.38. The van der Waals surface area contributed by atoms with Gasteiger partial charge in [0.05, 0.1) is 6.04 Å². The summed E-state index contributed by atoms with van der Waals surface area (Å²) in [6.45, 7) is 3.03. The number of hydrogen-bond acceptors (Lipinski definition) is 2. The molecule has 2 N–H and O–H groups in total. The van der Waals surface area contributed by atoms with E-state index >= 15 is 0 Å². The van der Waals surface area contributed by atoms with Gasteiger partial charge in [-0.1, -0.05) is 18.1 Å². The van der Waals surface area contributed by atoms with E-state index in [1.54, 1.807) is 0 Å². The van der Waals surface area contributed by atoms with E-state index in [1.807, 2.05) is 24.3 Å². The van der Waals surface area contributed by atoms with Crippen LogP contribution in [-0.4, -0.2) is 23.4 Å². The average Bonchev–Trinajstić information content (AvgIpc) is 2.87. The lowest BCUT2D eigenvalue weighted by atomic mass is 10.0. The number of nitrogens with zero attached hydrogens (tertiary/aromatic N) is 1. The Kier molecular flexibility index (Phi) is 3.69. The maximum absolute atomic E-state index is 11.4. The molecule has 1 heterocycles. The van der Waals surface area contributed by atoms with Crippen molar-refractivity contribution in [1.82, 2.24) is 4.90 Å². The average molecular weight is 242 g/mol. The number of carbonyl (C=O) groups is 1. The van der Waals surface area contributed by atoms with Gasteiger partial charge in [-0.25, -0.2) is 0 Å². The molecule has 3 heteroatoms. The second-order valence-electron chi connectivity index (χ2n) is 4.74. The molecule has 3 nitrogen and oxygen atoms in total. The van der Waals surface area contributed by atoms with E-state index in [9.17, 15) is 4.79 Å². The lowest BCUT2D eigenvalue weighted by molar-refractivity contribution is -0.122. The number of carbonyl (C=O) groups excluding carboxylic acids is 1. The third-order valence-electron chi connectivity index (χ3n) is 3.68. The molecule has 0 saturated carbocycles. The molecule has 1 aliphatic heterocycles. The fraction of sp³-hybridized carbons (Fsp3) is 0.400. The monoisotopic (exact) mass is 242 g/mol. The van der Waals surface area contributed by atoms with Crippen molar-refractivity contribution in [2.45, 2.75) is 31.8 Å². The standard InChI is InChI=1S/C15H18N2O/c1-3-12-6-8-13(9-7-12)11(2)17-10-4-5-14(17)15(16)18/h1,6-9,11,14H,4-5,10H2,2H3,(H2,16,18)/t11-,14?/m0/s1. The Morgan fingerprint density at radius 3 is 2.72 bits per heavy atom. The number of primary amides is 1. The lowest BCUT2D eigenvalue weighted by Crippen LogP contribution is -2.41. The van der Waals surface area contributed by atoms with E-state index in [1.165, 1.54) is 5.56 Å². The van der Waals surface area contributed by atoms with Gasteiger partial charge in [0.15, 0.2) is 0 Å². The summed E-state index contributed by atoms with van der Waals surface area (Å²) < 4.78 is 0. The van der Waals surface area contributed by atoms with Gasteiger partial charge in [-0.3, -0.25) is 9.69 Å². The highest BCUT2D eigenvalue weighted by Crippen LogP contribution is 2.29. The number of rotatable bonds is 3. The molecule has 1 amide bonds. The minimum atomic E-state index is -0.223. The molecule has 0 bridgehead atoms. The maximum atomic E-state index is 11.4. The summed E-state index contributed by atoms with van der Waals surface area (Å²) in [7, 11) is 0. The summed E-state index contributed by atoms with van der Waals surface area (Å²) >= 11 is 0. The second-order valence-corrected chi connectivity index (χ2v) is 4.74. The van der Waals surface area contributed by atoms with Crippen LogP contribution in [0.15, 0.2) is 24.3 Å². The van der Waals surface area contributed by atoms with Crippen LogP contribution in [0.1, 0.15) is 36.9 Å². The molecule has 94 valence electrons. The van der Waals surface area contributed by atoms with Crippen LogP contribution in [0, 0.1) is 12.3 Å². The highest BCUT2D eigenvalue weighted by Gasteiger charge is 2.32. The van der Waals surface area contributed by atoms with Gasteiger partial charge in [0.25, 0.3) is 0 Å². The van der Waals surface area contributed by atoms with Crippen molar-refractivity contribution in [2.24, 2.45) is 5.73 Å². The van der Waals surface area contributed by atoms with E-state index < -0.39 is 0 Å². The van der Waals surface area contributed by atoms with Gasteiger partial charge < -0.3 is 5.73 Å². The fourth-order valence-corrected chi connectivity index (χ4v) is 2.61. The second kappa shape index (κ2) is 5.24. The Labute approximate surface area is 108 Å². The molecule has 1 unspecified atom stereocenters. The van der Waals surface area contributed by atoms with E-state index in [4.69, 9.17) is 12.2 Å². The summed E-state index contributed by atoms with van der Waals surface area (Å²) in [4.78, 5) is 13.6. The molecule has 1 fully saturated rings. The maximum Gasteiger partial charge on any atom is 0.234 e. The highest BCUT2D eigenvalue weighted by atomic mass is 16.1.